The third-order valence-corrected chi connectivity index (χ3v) is 5.83. The number of anilines is 3. The van der Waals surface area contributed by atoms with Gasteiger partial charge in [-0.15, -0.1) is 0 Å². The van der Waals surface area contributed by atoms with Crippen molar-refractivity contribution in [2.45, 2.75) is 20.8 Å². The number of aliphatic imine (C=N–C) groups is 3. The van der Waals surface area contributed by atoms with Crippen LogP contribution >= 0.6 is 0 Å². The lowest BCUT2D eigenvalue weighted by atomic mass is 10.1. The molecule has 0 N–H and O–H groups in total. The highest BCUT2D eigenvalue weighted by molar-refractivity contribution is 5.74. The molecule has 0 unspecified atom stereocenters. The molecule has 0 saturated heterocycles. The number of carbonyl (C=O) groups excluding carboxylic acids is 3. The number of aryl methyl sites for hydroxylation is 3. The average molecular weight is 479 g/mol. The topological polar surface area (TPSA) is 98.0 Å². The largest absolute Gasteiger partial charge is 0.262 e. The van der Waals surface area contributed by atoms with Crippen molar-refractivity contribution in [2.75, 3.05) is 21.7 Å². The second-order valence-electron chi connectivity index (χ2n) is 8.12. The van der Waals surface area contributed by atoms with Crippen LogP contribution in [0.5, 0.6) is 0 Å². The van der Waals surface area contributed by atoms with Gasteiger partial charge in [0.1, 0.15) is 0 Å². The van der Waals surface area contributed by atoms with E-state index in [-0.39, 0.29) is 0 Å². The van der Waals surface area contributed by atoms with E-state index in [9.17, 15) is 14.4 Å². The maximum absolute atomic E-state index is 11.0. The van der Waals surface area contributed by atoms with Gasteiger partial charge < -0.3 is 0 Å². The molecular weight excluding hydrogens is 456 g/mol. The molecule has 1 aliphatic rings. The Balaban J connectivity index is 1.92. The molecule has 0 amide bonds. The summed E-state index contributed by atoms with van der Waals surface area (Å²) in [4.78, 5) is 44.5. The van der Waals surface area contributed by atoms with Crippen molar-refractivity contribution in [2.24, 2.45) is 15.0 Å². The molecule has 0 aliphatic carbocycles. The minimum absolute atomic E-state index is 0.488. The zero-order valence-corrected chi connectivity index (χ0v) is 20.0. The van der Waals surface area contributed by atoms with E-state index < -0.39 is 0 Å². The molecule has 0 fully saturated rings. The molecule has 3 aromatic rings. The van der Waals surface area contributed by atoms with Gasteiger partial charge in [0, 0.05) is 6.20 Å². The Morgan fingerprint density at radius 1 is 0.639 bits per heavy atom. The SMILES string of the molecule is Cc1ccc(N2C=CCN(c3ccc(C)c(N=C=O)c3)N2c2ccc(C)c(N=C=O)c2)cc1N=C=O. The highest BCUT2D eigenvalue weighted by Crippen LogP contribution is 2.36. The molecule has 0 atom stereocenters. The second kappa shape index (κ2) is 10.5. The summed E-state index contributed by atoms with van der Waals surface area (Å²) in [5, 5.41) is 5.76. The van der Waals surface area contributed by atoms with Crippen LogP contribution in [0, 0.1) is 20.8 Å². The van der Waals surface area contributed by atoms with Crippen LogP contribution in [0.3, 0.4) is 0 Å². The minimum Gasteiger partial charge on any atom is -0.262 e. The molecule has 9 heteroatoms. The quantitative estimate of drug-likeness (QED) is 0.333. The van der Waals surface area contributed by atoms with Gasteiger partial charge in [-0.3, -0.25) is 5.01 Å². The Hall–Kier alpha value is -5.06. The summed E-state index contributed by atoms with van der Waals surface area (Å²) in [5.41, 5.74) is 6.20. The Morgan fingerprint density at radius 2 is 1.08 bits per heavy atom. The van der Waals surface area contributed by atoms with Crippen LogP contribution < -0.4 is 15.1 Å². The molecule has 36 heavy (non-hydrogen) atoms. The highest BCUT2D eigenvalue weighted by Gasteiger charge is 2.27. The van der Waals surface area contributed by atoms with Crippen molar-refractivity contribution >= 4 is 52.4 Å². The standard InChI is InChI=1S/C27H22N6O3/c1-19-5-8-22(13-25(19)28-16-34)31-11-4-12-32(23-9-6-20(2)26(14-23)29-17-35)33(31)24-10-7-21(3)27(15-24)30-18-36/h4-11,13-15H,12H2,1-3H3. The zero-order valence-electron chi connectivity index (χ0n) is 20.0. The summed E-state index contributed by atoms with van der Waals surface area (Å²) in [6, 6.07) is 16.8. The highest BCUT2D eigenvalue weighted by atomic mass is 16.1. The van der Waals surface area contributed by atoms with Crippen molar-refractivity contribution in [1.29, 1.82) is 0 Å². The van der Waals surface area contributed by atoms with Crippen LogP contribution in [0.4, 0.5) is 34.1 Å². The van der Waals surface area contributed by atoms with Gasteiger partial charge in [0.2, 0.25) is 18.2 Å². The molecule has 1 aliphatic heterocycles. The predicted octanol–water partition coefficient (Wildman–Crippen LogP) is 5.69. The minimum atomic E-state index is 0.488. The van der Waals surface area contributed by atoms with Crippen molar-refractivity contribution < 1.29 is 14.4 Å². The van der Waals surface area contributed by atoms with E-state index >= 15 is 0 Å². The van der Waals surface area contributed by atoms with E-state index in [2.05, 4.69) is 15.0 Å². The molecule has 0 bridgehead atoms. The predicted molar refractivity (Wildman–Crippen MR) is 138 cm³/mol. The van der Waals surface area contributed by atoms with Crippen LogP contribution in [0.2, 0.25) is 0 Å². The van der Waals surface area contributed by atoms with E-state index in [0.717, 1.165) is 28.1 Å². The van der Waals surface area contributed by atoms with E-state index in [1.54, 1.807) is 36.4 Å². The van der Waals surface area contributed by atoms with E-state index in [1.165, 1.54) is 0 Å². The average Bonchev–Trinajstić information content (AvgIpc) is 2.88. The van der Waals surface area contributed by atoms with Gasteiger partial charge in [-0.05, 0) is 79.9 Å². The maximum atomic E-state index is 11.0. The Morgan fingerprint density at radius 3 is 1.61 bits per heavy atom. The summed E-state index contributed by atoms with van der Waals surface area (Å²) >= 11 is 0. The summed E-state index contributed by atoms with van der Waals surface area (Å²) in [5.74, 6) is 0. The molecular formula is C27H22N6O3. The lowest BCUT2D eigenvalue weighted by molar-refractivity contribution is 0.564. The molecule has 178 valence electrons. The third-order valence-electron chi connectivity index (χ3n) is 5.83. The van der Waals surface area contributed by atoms with Gasteiger partial charge in [0.15, 0.2) is 0 Å². The Labute approximate surface area is 208 Å². The fourth-order valence-electron chi connectivity index (χ4n) is 3.91. The molecule has 0 spiro atoms. The number of nitrogens with zero attached hydrogens (tertiary/aromatic N) is 6. The van der Waals surface area contributed by atoms with E-state index in [0.29, 0.717) is 29.3 Å². The van der Waals surface area contributed by atoms with Gasteiger partial charge in [-0.2, -0.15) is 20.1 Å². The Bertz CT molecular complexity index is 1500. The molecule has 0 aromatic heterocycles. The van der Waals surface area contributed by atoms with E-state index in [1.807, 2.05) is 84.6 Å². The summed E-state index contributed by atoms with van der Waals surface area (Å²) in [6.07, 6.45) is 8.70. The monoisotopic (exact) mass is 478 g/mol. The van der Waals surface area contributed by atoms with Gasteiger partial charge >= 0.3 is 0 Å². The number of hydrogen-bond donors (Lipinski definition) is 0. The van der Waals surface area contributed by atoms with Gasteiger partial charge in [0.25, 0.3) is 0 Å². The van der Waals surface area contributed by atoms with Crippen LogP contribution in [0.1, 0.15) is 16.7 Å². The summed E-state index contributed by atoms with van der Waals surface area (Å²) in [7, 11) is 0. The lowest BCUT2D eigenvalue weighted by Gasteiger charge is -2.46. The lowest BCUT2D eigenvalue weighted by Crippen LogP contribution is -2.55. The van der Waals surface area contributed by atoms with Crippen LogP contribution in [-0.4, -0.2) is 24.8 Å². The molecule has 9 nitrogen and oxygen atoms in total. The number of isocyanates is 3. The fourth-order valence-corrected chi connectivity index (χ4v) is 3.91. The summed E-state index contributed by atoms with van der Waals surface area (Å²) < 4.78 is 0. The van der Waals surface area contributed by atoms with Crippen LogP contribution in [0.25, 0.3) is 0 Å². The fraction of sp³-hybridized carbons (Fsp3) is 0.148. The first-order valence-electron chi connectivity index (χ1n) is 11.1. The van der Waals surface area contributed by atoms with Crippen molar-refractivity contribution in [3.63, 3.8) is 0 Å². The molecule has 1 heterocycles. The van der Waals surface area contributed by atoms with Gasteiger partial charge in [-0.1, -0.05) is 18.2 Å². The molecule has 0 saturated carbocycles. The second-order valence-corrected chi connectivity index (χ2v) is 8.12. The van der Waals surface area contributed by atoms with Crippen molar-refractivity contribution in [3.05, 3.63) is 83.6 Å². The van der Waals surface area contributed by atoms with Crippen LogP contribution in [0.15, 0.2) is 81.9 Å². The smallest absolute Gasteiger partial charge is 0.240 e. The molecule has 0 radical (unpaired) electrons. The first-order chi connectivity index (χ1) is 17.5. The third kappa shape index (κ3) is 4.75. The number of rotatable bonds is 6. The summed E-state index contributed by atoms with van der Waals surface area (Å²) in [6.45, 7) is 6.08. The van der Waals surface area contributed by atoms with Crippen LogP contribution in [-0.2, 0) is 14.4 Å². The first-order valence-corrected chi connectivity index (χ1v) is 11.1. The van der Waals surface area contributed by atoms with Gasteiger partial charge in [0.05, 0.1) is 40.7 Å². The Kier molecular flexibility index (Phi) is 7.00. The number of benzene rings is 3. The van der Waals surface area contributed by atoms with Crippen molar-refractivity contribution in [1.82, 2.24) is 0 Å². The molecule has 3 aromatic carbocycles. The molecule has 4 rings (SSSR count). The maximum Gasteiger partial charge on any atom is 0.240 e. The number of hydrogen-bond acceptors (Lipinski definition) is 9. The van der Waals surface area contributed by atoms with Gasteiger partial charge in [-0.25, -0.2) is 19.4 Å². The normalized spacial score (nSPS) is 12.5. The first kappa shape index (κ1) is 24.1. The number of hydrazine groups is 2. The van der Waals surface area contributed by atoms with E-state index in [4.69, 9.17) is 0 Å². The zero-order chi connectivity index (χ0) is 25.7. The van der Waals surface area contributed by atoms with Crippen molar-refractivity contribution in [3.8, 4) is 0 Å².